The molecule has 2 rings (SSSR count). The minimum atomic E-state index is -0.474. The lowest BCUT2D eigenvalue weighted by atomic mass is 10.1. The lowest BCUT2D eigenvalue weighted by Gasteiger charge is -2.33. The van der Waals surface area contributed by atoms with Crippen molar-refractivity contribution in [2.24, 2.45) is 0 Å². The van der Waals surface area contributed by atoms with Gasteiger partial charge in [0, 0.05) is 25.9 Å². The Bertz CT molecular complexity index is 549. The summed E-state index contributed by atoms with van der Waals surface area (Å²) in [5, 5.41) is 8.71. The van der Waals surface area contributed by atoms with Crippen molar-refractivity contribution in [1.82, 2.24) is 9.88 Å². The summed E-state index contributed by atoms with van der Waals surface area (Å²) in [7, 11) is 0. The van der Waals surface area contributed by atoms with Crippen LogP contribution >= 0.6 is 0 Å². The molecule has 1 fully saturated rings. The number of ether oxygens (including phenoxy) is 2. The minimum Gasteiger partial charge on any atom is -0.489 e. The standard InChI is InChI=1S/C16H21N3O3/c1-16(2,3)22-15(20)19-8-6-13(7-9-19)21-14-5-4-12(10-17)18-11-14/h4-5,11,13H,6-9H2,1-3H3. The zero-order valence-corrected chi connectivity index (χ0v) is 13.2. The molecule has 6 nitrogen and oxygen atoms in total. The zero-order valence-electron chi connectivity index (χ0n) is 13.2. The van der Waals surface area contributed by atoms with E-state index in [4.69, 9.17) is 14.7 Å². The lowest BCUT2D eigenvalue weighted by molar-refractivity contribution is 0.0126. The molecule has 0 unspecified atom stereocenters. The normalized spacial score (nSPS) is 16.0. The molecule has 1 aromatic rings. The Morgan fingerprint density at radius 3 is 2.55 bits per heavy atom. The molecular weight excluding hydrogens is 282 g/mol. The zero-order chi connectivity index (χ0) is 16.2. The summed E-state index contributed by atoms with van der Waals surface area (Å²) in [6, 6.07) is 5.34. The molecule has 1 aliphatic heterocycles. The van der Waals surface area contributed by atoms with Crippen LogP contribution in [0.4, 0.5) is 4.79 Å². The topological polar surface area (TPSA) is 75.4 Å². The Morgan fingerprint density at radius 1 is 1.36 bits per heavy atom. The number of nitrogens with zero attached hydrogens (tertiary/aromatic N) is 3. The van der Waals surface area contributed by atoms with E-state index in [1.807, 2.05) is 26.8 Å². The Hall–Kier alpha value is -2.29. The number of hydrogen-bond acceptors (Lipinski definition) is 5. The van der Waals surface area contributed by atoms with Gasteiger partial charge in [-0.1, -0.05) is 0 Å². The summed E-state index contributed by atoms with van der Waals surface area (Å²) in [6.07, 6.45) is 2.83. The van der Waals surface area contributed by atoms with Crippen LogP contribution < -0.4 is 4.74 Å². The van der Waals surface area contributed by atoms with Crippen LogP contribution in [-0.4, -0.2) is 40.8 Å². The molecule has 1 amide bonds. The lowest BCUT2D eigenvalue weighted by Crippen LogP contribution is -2.44. The first-order valence-corrected chi connectivity index (χ1v) is 7.38. The molecule has 0 bridgehead atoms. The molecule has 118 valence electrons. The van der Waals surface area contributed by atoms with E-state index in [2.05, 4.69) is 4.98 Å². The van der Waals surface area contributed by atoms with Crippen LogP contribution in [0.2, 0.25) is 0 Å². The second-order valence-corrected chi connectivity index (χ2v) is 6.28. The van der Waals surface area contributed by atoms with Gasteiger partial charge in [-0.2, -0.15) is 5.26 Å². The van der Waals surface area contributed by atoms with E-state index < -0.39 is 5.60 Å². The molecule has 0 aliphatic carbocycles. The fourth-order valence-corrected chi connectivity index (χ4v) is 2.19. The molecule has 0 radical (unpaired) electrons. The predicted octanol–water partition coefficient (Wildman–Crippen LogP) is 2.73. The number of carbonyl (C=O) groups excluding carboxylic acids is 1. The van der Waals surface area contributed by atoms with Gasteiger partial charge in [0.15, 0.2) is 0 Å². The molecule has 22 heavy (non-hydrogen) atoms. The van der Waals surface area contributed by atoms with Gasteiger partial charge in [-0.25, -0.2) is 9.78 Å². The van der Waals surface area contributed by atoms with Crippen LogP contribution in [0.1, 0.15) is 39.3 Å². The van der Waals surface area contributed by atoms with Crippen LogP contribution in [0.25, 0.3) is 0 Å². The molecule has 1 aromatic heterocycles. The van der Waals surface area contributed by atoms with Gasteiger partial charge in [0.05, 0.1) is 6.20 Å². The SMILES string of the molecule is CC(C)(C)OC(=O)N1CCC(Oc2ccc(C#N)nc2)CC1. The van der Waals surface area contributed by atoms with E-state index in [1.165, 1.54) is 0 Å². The monoisotopic (exact) mass is 303 g/mol. The molecular formula is C16H21N3O3. The number of nitriles is 1. The summed E-state index contributed by atoms with van der Waals surface area (Å²) in [6.45, 7) is 6.81. The third-order valence-electron chi connectivity index (χ3n) is 3.25. The summed E-state index contributed by atoms with van der Waals surface area (Å²) >= 11 is 0. The second-order valence-electron chi connectivity index (χ2n) is 6.28. The fourth-order valence-electron chi connectivity index (χ4n) is 2.19. The smallest absolute Gasteiger partial charge is 0.410 e. The molecule has 0 N–H and O–H groups in total. The Balaban J connectivity index is 1.82. The van der Waals surface area contributed by atoms with Crippen LogP contribution in [0.15, 0.2) is 18.3 Å². The number of amides is 1. The molecule has 0 aromatic carbocycles. The van der Waals surface area contributed by atoms with Gasteiger partial charge >= 0.3 is 6.09 Å². The quantitative estimate of drug-likeness (QED) is 0.839. The number of hydrogen-bond donors (Lipinski definition) is 0. The maximum absolute atomic E-state index is 12.0. The van der Waals surface area contributed by atoms with Crippen molar-refractivity contribution in [3.8, 4) is 11.8 Å². The Kier molecular flexibility index (Phi) is 4.86. The largest absolute Gasteiger partial charge is 0.489 e. The van der Waals surface area contributed by atoms with E-state index in [0.717, 1.165) is 12.8 Å². The van der Waals surface area contributed by atoms with E-state index in [0.29, 0.717) is 24.5 Å². The Morgan fingerprint density at radius 2 is 2.05 bits per heavy atom. The first-order valence-electron chi connectivity index (χ1n) is 7.38. The van der Waals surface area contributed by atoms with E-state index >= 15 is 0 Å². The van der Waals surface area contributed by atoms with E-state index in [-0.39, 0.29) is 12.2 Å². The molecule has 6 heteroatoms. The number of pyridine rings is 1. The van der Waals surface area contributed by atoms with Crippen molar-refractivity contribution in [1.29, 1.82) is 5.26 Å². The first kappa shape index (κ1) is 16.1. The molecule has 1 saturated heterocycles. The van der Waals surface area contributed by atoms with Crippen molar-refractivity contribution in [3.63, 3.8) is 0 Å². The summed E-state index contributed by atoms with van der Waals surface area (Å²) in [5.41, 5.74) is -0.106. The molecule has 0 spiro atoms. The van der Waals surface area contributed by atoms with Gasteiger partial charge in [-0.3, -0.25) is 0 Å². The highest BCUT2D eigenvalue weighted by Crippen LogP contribution is 2.20. The molecule has 0 atom stereocenters. The number of carbonyl (C=O) groups is 1. The Labute approximate surface area is 130 Å². The number of rotatable bonds is 2. The predicted molar refractivity (Wildman–Crippen MR) is 80.4 cm³/mol. The number of likely N-dealkylation sites (tertiary alicyclic amines) is 1. The third-order valence-corrected chi connectivity index (χ3v) is 3.25. The van der Waals surface area contributed by atoms with Gasteiger partial charge in [0.1, 0.15) is 29.2 Å². The van der Waals surface area contributed by atoms with Crippen LogP contribution in [0.5, 0.6) is 5.75 Å². The summed E-state index contributed by atoms with van der Waals surface area (Å²) < 4.78 is 11.2. The van der Waals surface area contributed by atoms with E-state index in [1.54, 1.807) is 23.2 Å². The van der Waals surface area contributed by atoms with Crippen molar-refractivity contribution < 1.29 is 14.3 Å². The van der Waals surface area contributed by atoms with Crippen molar-refractivity contribution in [3.05, 3.63) is 24.0 Å². The highest BCUT2D eigenvalue weighted by molar-refractivity contribution is 5.68. The van der Waals surface area contributed by atoms with E-state index in [9.17, 15) is 4.79 Å². The maximum atomic E-state index is 12.0. The minimum absolute atomic E-state index is 0.0495. The van der Waals surface area contributed by atoms with Crippen LogP contribution in [0, 0.1) is 11.3 Å². The summed E-state index contributed by atoms with van der Waals surface area (Å²) in [5.74, 6) is 0.648. The van der Waals surface area contributed by atoms with Crippen molar-refractivity contribution >= 4 is 6.09 Å². The average Bonchev–Trinajstić information content (AvgIpc) is 2.47. The van der Waals surface area contributed by atoms with Gasteiger partial charge < -0.3 is 14.4 Å². The van der Waals surface area contributed by atoms with Crippen LogP contribution in [0.3, 0.4) is 0 Å². The van der Waals surface area contributed by atoms with Crippen LogP contribution in [-0.2, 0) is 4.74 Å². The molecule has 0 saturated carbocycles. The maximum Gasteiger partial charge on any atom is 0.410 e. The van der Waals surface area contributed by atoms with Gasteiger partial charge in [0.25, 0.3) is 0 Å². The van der Waals surface area contributed by atoms with Gasteiger partial charge in [-0.05, 0) is 32.9 Å². The molecule has 1 aliphatic rings. The number of aromatic nitrogens is 1. The first-order chi connectivity index (χ1) is 10.4. The number of piperidine rings is 1. The molecule has 2 heterocycles. The van der Waals surface area contributed by atoms with Crippen molar-refractivity contribution in [2.75, 3.05) is 13.1 Å². The van der Waals surface area contributed by atoms with Crippen molar-refractivity contribution in [2.45, 2.75) is 45.3 Å². The second kappa shape index (κ2) is 6.65. The fraction of sp³-hybridized carbons (Fsp3) is 0.562. The summed E-state index contributed by atoms with van der Waals surface area (Å²) in [4.78, 5) is 17.7. The van der Waals surface area contributed by atoms with Gasteiger partial charge in [0.2, 0.25) is 0 Å². The van der Waals surface area contributed by atoms with Gasteiger partial charge in [-0.15, -0.1) is 0 Å². The average molecular weight is 303 g/mol. The highest BCUT2D eigenvalue weighted by atomic mass is 16.6. The highest BCUT2D eigenvalue weighted by Gasteiger charge is 2.27. The third kappa shape index (κ3) is 4.62.